The van der Waals surface area contributed by atoms with Crippen molar-refractivity contribution in [3.8, 4) is 11.1 Å². The second-order valence-corrected chi connectivity index (χ2v) is 7.46. The van der Waals surface area contributed by atoms with E-state index in [-0.39, 0.29) is 25.5 Å². The van der Waals surface area contributed by atoms with Crippen LogP contribution in [0.2, 0.25) is 0 Å². The van der Waals surface area contributed by atoms with Gasteiger partial charge in [-0.1, -0.05) is 48.5 Å². The number of amides is 1. The number of rotatable bonds is 2. The third kappa shape index (κ3) is 3.49. The lowest BCUT2D eigenvalue weighted by atomic mass is 9.98. The predicted octanol–water partition coefficient (Wildman–Crippen LogP) is 4.42. The van der Waals surface area contributed by atoms with Gasteiger partial charge in [0.25, 0.3) is 5.92 Å². The second-order valence-electron chi connectivity index (χ2n) is 7.46. The van der Waals surface area contributed by atoms with Crippen molar-refractivity contribution in [1.82, 2.24) is 4.90 Å². The van der Waals surface area contributed by atoms with Crippen LogP contribution in [-0.4, -0.2) is 47.8 Å². The summed E-state index contributed by atoms with van der Waals surface area (Å²) in [6.45, 7) is 0.354. The van der Waals surface area contributed by atoms with E-state index in [1.807, 2.05) is 36.4 Å². The van der Waals surface area contributed by atoms with E-state index in [1.165, 1.54) is 4.90 Å². The highest BCUT2D eigenvalue weighted by Gasteiger charge is 2.40. The maximum absolute atomic E-state index is 13.8. The molecule has 0 aromatic heterocycles. The third-order valence-corrected chi connectivity index (χ3v) is 5.70. The maximum atomic E-state index is 13.8. The zero-order chi connectivity index (χ0) is 19.7. The second kappa shape index (κ2) is 7.51. The van der Waals surface area contributed by atoms with Crippen LogP contribution in [0.25, 0.3) is 11.1 Å². The normalized spacial score (nSPS) is 21.4. The Morgan fingerprint density at radius 2 is 1.68 bits per heavy atom. The molecule has 2 aromatic rings. The van der Waals surface area contributed by atoms with Crippen LogP contribution in [-0.2, 0) is 4.74 Å². The van der Waals surface area contributed by atoms with Gasteiger partial charge in [0, 0.05) is 25.4 Å². The molecule has 4 rings (SSSR count). The molecule has 0 spiro atoms. The van der Waals surface area contributed by atoms with Crippen molar-refractivity contribution in [3.63, 3.8) is 0 Å². The molecule has 1 fully saturated rings. The quantitative estimate of drug-likeness (QED) is 0.830. The Labute approximate surface area is 162 Å². The van der Waals surface area contributed by atoms with Crippen molar-refractivity contribution in [2.24, 2.45) is 0 Å². The summed E-state index contributed by atoms with van der Waals surface area (Å²) in [5.74, 6) is -3.24. The summed E-state index contributed by atoms with van der Waals surface area (Å²) < 4.78 is 33.2. The van der Waals surface area contributed by atoms with Crippen molar-refractivity contribution in [2.45, 2.75) is 37.2 Å². The standard InChI is InChI=1S/C22H23F2NO3/c23-22(24)11-13-25(12-5-10-20(22)26)21(27)28-14-19-17-8-3-1-6-15(17)16-7-2-4-9-18(16)19/h1-4,6-9,19-20,26H,5,10-14H2. The van der Waals surface area contributed by atoms with Crippen molar-refractivity contribution in [1.29, 1.82) is 0 Å². The van der Waals surface area contributed by atoms with E-state index in [4.69, 9.17) is 4.74 Å². The molecule has 1 aliphatic heterocycles. The van der Waals surface area contributed by atoms with Crippen LogP contribution < -0.4 is 0 Å². The van der Waals surface area contributed by atoms with Gasteiger partial charge >= 0.3 is 6.09 Å². The van der Waals surface area contributed by atoms with E-state index in [0.717, 1.165) is 22.3 Å². The lowest BCUT2D eigenvalue weighted by molar-refractivity contribution is -0.124. The van der Waals surface area contributed by atoms with Gasteiger partial charge in [-0.05, 0) is 35.1 Å². The SMILES string of the molecule is O=C(OCC1c2ccccc2-c2ccccc21)N1CCCC(O)C(F)(F)CC1. The fraction of sp³-hybridized carbons (Fsp3) is 0.409. The Balaban J connectivity index is 1.45. The fourth-order valence-electron chi connectivity index (χ4n) is 4.12. The van der Waals surface area contributed by atoms with Gasteiger partial charge in [0.05, 0.1) is 0 Å². The average Bonchev–Trinajstić information content (AvgIpc) is 3.01. The highest BCUT2D eigenvalue weighted by atomic mass is 19.3. The first kappa shape index (κ1) is 18.9. The fourth-order valence-corrected chi connectivity index (χ4v) is 4.12. The van der Waals surface area contributed by atoms with Gasteiger partial charge < -0.3 is 14.7 Å². The molecule has 0 saturated carbocycles. The number of alkyl halides is 2. The molecule has 1 heterocycles. The van der Waals surface area contributed by atoms with Crippen LogP contribution in [0.5, 0.6) is 0 Å². The third-order valence-electron chi connectivity index (χ3n) is 5.70. The van der Waals surface area contributed by atoms with Gasteiger partial charge in [-0.3, -0.25) is 0 Å². The number of aliphatic hydroxyl groups excluding tert-OH is 1. The Morgan fingerprint density at radius 1 is 1.07 bits per heavy atom. The zero-order valence-electron chi connectivity index (χ0n) is 15.5. The van der Waals surface area contributed by atoms with Gasteiger partial charge in [-0.25, -0.2) is 13.6 Å². The van der Waals surface area contributed by atoms with E-state index < -0.39 is 24.5 Å². The molecule has 4 nitrogen and oxygen atoms in total. The first-order valence-electron chi connectivity index (χ1n) is 9.63. The van der Waals surface area contributed by atoms with E-state index in [9.17, 15) is 18.7 Å². The monoisotopic (exact) mass is 387 g/mol. The Morgan fingerprint density at radius 3 is 2.32 bits per heavy atom. The minimum Gasteiger partial charge on any atom is -0.448 e. The first-order valence-corrected chi connectivity index (χ1v) is 9.63. The van der Waals surface area contributed by atoms with Crippen LogP contribution in [0, 0.1) is 0 Å². The molecular weight excluding hydrogens is 364 g/mol. The molecule has 0 bridgehead atoms. The van der Waals surface area contributed by atoms with Gasteiger partial charge in [-0.15, -0.1) is 0 Å². The molecule has 1 N–H and O–H groups in total. The molecule has 148 valence electrons. The molecule has 0 radical (unpaired) electrons. The van der Waals surface area contributed by atoms with Crippen molar-refractivity contribution >= 4 is 6.09 Å². The largest absolute Gasteiger partial charge is 0.448 e. The van der Waals surface area contributed by atoms with Crippen LogP contribution in [0.3, 0.4) is 0 Å². The van der Waals surface area contributed by atoms with Gasteiger partial charge in [0.1, 0.15) is 12.7 Å². The number of halogens is 2. The van der Waals surface area contributed by atoms with Crippen LogP contribution in [0.15, 0.2) is 48.5 Å². The average molecular weight is 387 g/mol. The van der Waals surface area contributed by atoms with E-state index in [2.05, 4.69) is 12.1 Å². The molecule has 28 heavy (non-hydrogen) atoms. The molecule has 1 atom stereocenters. The Kier molecular flexibility index (Phi) is 5.06. The van der Waals surface area contributed by atoms with Crippen LogP contribution >= 0.6 is 0 Å². The first-order chi connectivity index (χ1) is 13.5. The molecule has 1 saturated heterocycles. The lowest BCUT2D eigenvalue weighted by Crippen LogP contribution is -2.43. The summed E-state index contributed by atoms with van der Waals surface area (Å²) in [4.78, 5) is 13.9. The number of fused-ring (bicyclic) bond motifs is 3. The predicted molar refractivity (Wildman–Crippen MR) is 101 cm³/mol. The van der Waals surface area contributed by atoms with Crippen LogP contribution in [0.4, 0.5) is 13.6 Å². The molecule has 1 aliphatic carbocycles. The molecule has 2 aliphatic rings. The molecular formula is C22H23F2NO3. The highest BCUT2D eigenvalue weighted by Crippen LogP contribution is 2.44. The molecule has 1 amide bonds. The minimum atomic E-state index is -3.18. The van der Waals surface area contributed by atoms with Crippen molar-refractivity contribution < 1.29 is 23.4 Å². The van der Waals surface area contributed by atoms with Gasteiger partial charge in [0.15, 0.2) is 0 Å². The number of hydrogen-bond acceptors (Lipinski definition) is 3. The Bertz CT molecular complexity index is 825. The summed E-state index contributed by atoms with van der Waals surface area (Å²) in [5.41, 5.74) is 4.50. The summed E-state index contributed by atoms with van der Waals surface area (Å²) in [5, 5.41) is 9.52. The molecule has 1 unspecified atom stereocenters. The molecule has 2 aromatic carbocycles. The minimum absolute atomic E-state index is 0.0276. The number of hydrogen-bond donors (Lipinski definition) is 1. The number of aliphatic hydroxyl groups is 1. The van der Waals surface area contributed by atoms with E-state index in [1.54, 1.807) is 0 Å². The topological polar surface area (TPSA) is 49.8 Å². The lowest BCUT2D eigenvalue weighted by Gasteiger charge is -2.31. The number of carbonyl (C=O) groups excluding carboxylic acids is 1. The molecule has 6 heteroatoms. The number of benzene rings is 2. The number of ether oxygens (including phenoxy) is 1. The highest BCUT2D eigenvalue weighted by molar-refractivity contribution is 5.79. The van der Waals surface area contributed by atoms with E-state index >= 15 is 0 Å². The maximum Gasteiger partial charge on any atom is 0.409 e. The smallest absolute Gasteiger partial charge is 0.409 e. The number of likely N-dealkylation sites (tertiary alicyclic amines) is 1. The zero-order valence-corrected chi connectivity index (χ0v) is 15.5. The summed E-state index contributed by atoms with van der Waals surface area (Å²) in [6, 6.07) is 16.1. The van der Waals surface area contributed by atoms with Crippen molar-refractivity contribution in [3.05, 3.63) is 59.7 Å². The number of carbonyl (C=O) groups is 1. The van der Waals surface area contributed by atoms with Gasteiger partial charge in [-0.2, -0.15) is 0 Å². The Hall–Kier alpha value is -2.47. The number of nitrogens with zero attached hydrogens (tertiary/aromatic N) is 1. The van der Waals surface area contributed by atoms with Crippen molar-refractivity contribution in [2.75, 3.05) is 19.7 Å². The van der Waals surface area contributed by atoms with E-state index in [0.29, 0.717) is 13.0 Å². The summed E-state index contributed by atoms with van der Waals surface area (Å²) in [7, 11) is 0. The van der Waals surface area contributed by atoms with Crippen LogP contribution in [0.1, 0.15) is 36.3 Å². The van der Waals surface area contributed by atoms with Gasteiger partial charge in [0.2, 0.25) is 0 Å². The summed E-state index contributed by atoms with van der Waals surface area (Å²) >= 11 is 0. The summed E-state index contributed by atoms with van der Waals surface area (Å²) in [6.07, 6.45) is -2.48.